The average Bonchev–Trinajstić information content (AvgIpc) is 3.48. The fourth-order valence-electron chi connectivity index (χ4n) is 5.96. The number of ether oxygens (including phenoxy) is 1. The second kappa shape index (κ2) is 8.56. The van der Waals surface area contributed by atoms with Crippen molar-refractivity contribution in [2.75, 3.05) is 13.7 Å². The summed E-state index contributed by atoms with van der Waals surface area (Å²) in [4.78, 5) is 29.9. The van der Waals surface area contributed by atoms with Gasteiger partial charge in [0.05, 0.1) is 12.5 Å². The minimum Gasteiger partial charge on any atom is -0.496 e. The molecule has 0 bridgehead atoms. The molecule has 174 valence electrons. The third-order valence-electron chi connectivity index (χ3n) is 7.56. The first-order chi connectivity index (χ1) is 16.7. The molecule has 3 heterocycles. The first kappa shape index (κ1) is 21.4. The van der Waals surface area contributed by atoms with Crippen molar-refractivity contribution in [3.63, 3.8) is 0 Å². The molecule has 1 fully saturated rings. The van der Waals surface area contributed by atoms with Gasteiger partial charge in [-0.2, -0.15) is 0 Å². The van der Waals surface area contributed by atoms with Gasteiger partial charge in [0, 0.05) is 29.4 Å². The van der Waals surface area contributed by atoms with E-state index in [1.54, 1.807) is 7.11 Å². The molecule has 34 heavy (non-hydrogen) atoms. The summed E-state index contributed by atoms with van der Waals surface area (Å²) in [5.74, 6) is 1.91. The van der Waals surface area contributed by atoms with Crippen LogP contribution in [0.15, 0.2) is 63.5 Å². The van der Waals surface area contributed by atoms with E-state index in [1.165, 1.54) is 27.0 Å². The van der Waals surface area contributed by atoms with E-state index < -0.39 is 0 Å². The van der Waals surface area contributed by atoms with Crippen LogP contribution >= 0.6 is 11.3 Å². The summed E-state index contributed by atoms with van der Waals surface area (Å²) >= 11 is 1.41. The van der Waals surface area contributed by atoms with Gasteiger partial charge >= 0.3 is 5.69 Å². The third-order valence-corrected chi connectivity index (χ3v) is 8.46. The van der Waals surface area contributed by atoms with Gasteiger partial charge in [0.15, 0.2) is 0 Å². The first-order valence-corrected chi connectivity index (χ1v) is 12.7. The predicted molar refractivity (Wildman–Crippen MR) is 136 cm³/mol. The highest BCUT2D eigenvalue weighted by Crippen LogP contribution is 2.45. The summed E-state index contributed by atoms with van der Waals surface area (Å²) in [6.45, 7) is 1.35. The van der Waals surface area contributed by atoms with Crippen molar-refractivity contribution in [2.45, 2.75) is 37.8 Å². The fraction of sp³-hybridized carbons (Fsp3) is 0.333. The molecule has 4 aromatic rings. The topological polar surface area (TPSA) is 76.1 Å². The van der Waals surface area contributed by atoms with Crippen LogP contribution in [0.4, 0.5) is 0 Å². The molecule has 0 spiro atoms. The molecule has 2 aliphatic rings. The van der Waals surface area contributed by atoms with E-state index in [2.05, 4.69) is 22.4 Å². The minimum atomic E-state index is -0.334. The van der Waals surface area contributed by atoms with Gasteiger partial charge < -0.3 is 10.1 Å². The number of nitrogens with one attached hydrogen (secondary N) is 2. The summed E-state index contributed by atoms with van der Waals surface area (Å²) in [5, 5.41) is 6.24. The molecule has 3 atom stereocenters. The van der Waals surface area contributed by atoms with Crippen molar-refractivity contribution in [2.24, 2.45) is 5.92 Å². The van der Waals surface area contributed by atoms with Crippen molar-refractivity contribution in [3.8, 4) is 16.9 Å². The maximum absolute atomic E-state index is 13.5. The predicted octanol–water partition coefficient (Wildman–Crippen LogP) is 4.14. The molecule has 1 saturated heterocycles. The molecule has 7 heteroatoms. The van der Waals surface area contributed by atoms with Gasteiger partial charge in [-0.3, -0.25) is 14.3 Å². The Morgan fingerprint density at radius 3 is 2.79 bits per heavy atom. The highest BCUT2D eigenvalue weighted by molar-refractivity contribution is 7.17. The molecular weight excluding hydrogens is 446 g/mol. The Hall–Kier alpha value is -3.16. The smallest absolute Gasteiger partial charge is 0.329 e. The zero-order valence-electron chi connectivity index (χ0n) is 19.0. The lowest BCUT2D eigenvalue weighted by atomic mass is 9.73. The molecule has 0 radical (unpaired) electrons. The Balaban J connectivity index is 1.33. The number of aromatic amines is 1. The van der Waals surface area contributed by atoms with Gasteiger partial charge in [-0.1, -0.05) is 42.5 Å². The van der Waals surface area contributed by atoms with Crippen molar-refractivity contribution in [3.05, 3.63) is 85.9 Å². The molecule has 1 aliphatic carbocycles. The second-order valence-electron chi connectivity index (χ2n) is 9.26. The molecule has 0 amide bonds. The van der Waals surface area contributed by atoms with Crippen molar-refractivity contribution in [1.29, 1.82) is 0 Å². The standard InChI is InChI=1S/C27H27N3O3S/c1-33-22-9-5-8-19-18(22)11-10-17-14-28-21(23(17)19)12-13-30-26(31)24-20(16-6-3-2-4-7-16)15-34-25(24)29-27(30)32/h2-9,15,17,21,23,28H,10-14H2,1H3,(H,29,32). The molecular formula is C27H27N3O3S. The van der Waals surface area contributed by atoms with Crippen molar-refractivity contribution in [1.82, 2.24) is 14.9 Å². The Labute approximate surface area is 201 Å². The van der Waals surface area contributed by atoms with Crippen LogP contribution in [0, 0.1) is 5.92 Å². The van der Waals surface area contributed by atoms with Gasteiger partial charge in [-0.05, 0) is 54.5 Å². The van der Waals surface area contributed by atoms with Crippen LogP contribution < -0.4 is 21.3 Å². The summed E-state index contributed by atoms with van der Waals surface area (Å²) in [5.41, 5.74) is 3.98. The zero-order chi connectivity index (χ0) is 23.2. The molecule has 0 saturated carbocycles. The quantitative estimate of drug-likeness (QED) is 0.457. The molecule has 1 aliphatic heterocycles. The maximum atomic E-state index is 13.5. The van der Waals surface area contributed by atoms with E-state index in [1.807, 2.05) is 41.8 Å². The Kier molecular flexibility index (Phi) is 5.38. The van der Waals surface area contributed by atoms with E-state index in [0.29, 0.717) is 28.6 Å². The molecule has 3 unspecified atom stereocenters. The lowest BCUT2D eigenvalue weighted by Gasteiger charge is -2.32. The summed E-state index contributed by atoms with van der Waals surface area (Å²) in [6.07, 6.45) is 2.88. The number of thiophene rings is 1. The second-order valence-corrected chi connectivity index (χ2v) is 10.1. The van der Waals surface area contributed by atoms with Crippen LogP contribution in [0.2, 0.25) is 0 Å². The molecule has 2 N–H and O–H groups in total. The lowest BCUT2D eigenvalue weighted by Crippen LogP contribution is -2.37. The van der Waals surface area contributed by atoms with Gasteiger partial charge in [-0.15, -0.1) is 11.3 Å². The summed E-state index contributed by atoms with van der Waals surface area (Å²) < 4.78 is 7.01. The van der Waals surface area contributed by atoms with Crippen LogP contribution in [0.1, 0.15) is 29.9 Å². The van der Waals surface area contributed by atoms with Crippen LogP contribution in [0.3, 0.4) is 0 Å². The number of hydrogen-bond acceptors (Lipinski definition) is 5. The molecule has 2 aromatic heterocycles. The zero-order valence-corrected chi connectivity index (χ0v) is 19.9. The first-order valence-electron chi connectivity index (χ1n) is 11.8. The van der Waals surface area contributed by atoms with Gasteiger partial charge in [0.2, 0.25) is 0 Å². The SMILES string of the molecule is COc1cccc2c1CCC1CNC(CCn3c(=O)[nH]c4scc(-c5ccccc5)c4c3=O)C21. The largest absolute Gasteiger partial charge is 0.496 e. The van der Waals surface area contributed by atoms with Crippen LogP contribution in [0.5, 0.6) is 5.75 Å². The van der Waals surface area contributed by atoms with Gasteiger partial charge in [-0.25, -0.2) is 4.79 Å². The van der Waals surface area contributed by atoms with E-state index in [9.17, 15) is 9.59 Å². The number of nitrogens with zero attached hydrogens (tertiary/aromatic N) is 1. The number of methoxy groups -OCH3 is 1. The van der Waals surface area contributed by atoms with Crippen LogP contribution in [-0.4, -0.2) is 29.2 Å². The summed E-state index contributed by atoms with van der Waals surface area (Å²) in [6, 6.07) is 16.4. The number of aromatic nitrogens is 2. The fourth-order valence-corrected chi connectivity index (χ4v) is 6.91. The number of hydrogen-bond donors (Lipinski definition) is 2. The number of benzene rings is 2. The molecule has 2 aromatic carbocycles. The number of rotatable bonds is 5. The highest BCUT2D eigenvalue weighted by atomic mass is 32.1. The lowest BCUT2D eigenvalue weighted by molar-refractivity contribution is 0.371. The van der Waals surface area contributed by atoms with E-state index in [4.69, 9.17) is 4.74 Å². The number of fused-ring (bicyclic) bond motifs is 4. The van der Waals surface area contributed by atoms with Crippen LogP contribution in [0.25, 0.3) is 21.3 Å². The monoisotopic (exact) mass is 473 g/mol. The van der Waals surface area contributed by atoms with Gasteiger partial charge in [0.1, 0.15) is 10.6 Å². The summed E-state index contributed by atoms with van der Waals surface area (Å²) in [7, 11) is 1.73. The minimum absolute atomic E-state index is 0.209. The molecule has 6 nitrogen and oxygen atoms in total. The molecule has 6 rings (SSSR count). The van der Waals surface area contributed by atoms with Crippen molar-refractivity contribution < 1.29 is 4.74 Å². The normalized spacial score (nSPS) is 21.4. The maximum Gasteiger partial charge on any atom is 0.329 e. The number of H-pyrrole nitrogens is 1. The Bertz CT molecular complexity index is 1470. The van der Waals surface area contributed by atoms with E-state index in [-0.39, 0.29) is 17.3 Å². The van der Waals surface area contributed by atoms with E-state index in [0.717, 1.165) is 42.7 Å². The van der Waals surface area contributed by atoms with Crippen molar-refractivity contribution >= 4 is 21.6 Å². The Morgan fingerprint density at radius 1 is 1.12 bits per heavy atom. The highest BCUT2D eigenvalue weighted by Gasteiger charge is 2.40. The van der Waals surface area contributed by atoms with Crippen LogP contribution in [-0.2, 0) is 13.0 Å². The Morgan fingerprint density at radius 2 is 1.97 bits per heavy atom. The average molecular weight is 474 g/mol. The third kappa shape index (κ3) is 3.42. The van der Waals surface area contributed by atoms with E-state index >= 15 is 0 Å². The van der Waals surface area contributed by atoms with Gasteiger partial charge in [0.25, 0.3) is 5.56 Å².